The molecule has 0 amide bonds. The average molecular weight is 317 g/mol. The summed E-state index contributed by atoms with van der Waals surface area (Å²) in [5.41, 5.74) is 1.74. The van der Waals surface area contributed by atoms with E-state index >= 15 is 0 Å². The Morgan fingerprint density at radius 3 is 2.74 bits per heavy atom. The Hall–Kier alpha value is -2.21. The minimum Gasteiger partial charge on any atom is -0.469 e. The van der Waals surface area contributed by atoms with Crippen LogP contribution in [-0.2, 0) is 23.9 Å². The molecule has 6 nitrogen and oxygen atoms in total. The van der Waals surface area contributed by atoms with Crippen molar-refractivity contribution in [1.29, 1.82) is 0 Å². The van der Waals surface area contributed by atoms with Crippen LogP contribution >= 0.6 is 0 Å². The van der Waals surface area contributed by atoms with E-state index in [1.54, 1.807) is 13.1 Å². The Balaban J connectivity index is 1.94. The summed E-state index contributed by atoms with van der Waals surface area (Å²) in [5.74, 6) is -0.816. The van der Waals surface area contributed by atoms with Crippen LogP contribution in [0, 0.1) is 5.92 Å². The van der Waals surface area contributed by atoms with Gasteiger partial charge in [0.25, 0.3) is 0 Å². The molecular formula is C17H19NO5. The van der Waals surface area contributed by atoms with Crippen molar-refractivity contribution in [2.75, 3.05) is 7.11 Å². The van der Waals surface area contributed by atoms with Crippen molar-refractivity contribution < 1.29 is 23.9 Å². The Morgan fingerprint density at radius 1 is 1.30 bits per heavy atom. The Kier molecular flexibility index (Phi) is 3.93. The molecule has 0 aromatic carbocycles. The highest BCUT2D eigenvalue weighted by molar-refractivity contribution is 6.26. The molecule has 1 aliphatic carbocycles. The molecule has 0 bridgehead atoms. The molecule has 6 heteroatoms. The van der Waals surface area contributed by atoms with E-state index in [0.29, 0.717) is 22.4 Å². The van der Waals surface area contributed by atoms with Gasteiger partial charge in [-0.3, -0.25) is 14.4 Å². The average Bonchev–Trinajstić information content (AvgIpc) is 2.51. The number of Topliss-reactive ketones (excluding diaryl/α,β-unsaturated/α-hetero) is 2. The maximum atomic E-state index is 12.9. The zero-order chi connectivity index (χ0) is 16.7. The van der Waals surface area contributed by atoms with Crippen LogP contribution in [0.25, 0.3) is 0 Å². The summed E-state index contributed by atoms with van der Waals surface area (Å²) >= 11 is 0. The fourth-order valence-electron chi connectivity index (χ4n) is 3.40. The molecule has 2 heterocycles. The molecule has 2 aliphatic heterocycles. The third-order valence-electron chi connectivity index (χ3n) is 4.51. The lowest BCUT2D eigenvalue weighted by Gasteiger charge is -2.36. The number of ether oxygens (including phenoxy) is 2. The first-order valence-electron chi connectivity index (χ1n) is 7.66. The first kappa shape index (κ1) is 15.7. The SMILES string of the molecule is COC(=O)C[C@H]1CC2=C(C(=O)C3=C(C2=O)C(C)C=CN3)[C@@H](C)O1. The molecule has 0 aromatic heterocycles. The molecule has 23 heavy (non-hydrogen) atoms. The van der Waals surface area contributed by atoms with Crippen LogP contribution in [0.4, 0.5) is 0 Å². The molecule has 122 valence electrons. The van der Waals surface area contributed by atoms with Gasteiger partial charge in [-0.25, -0.2) is 0 Å². The van der Waals surface area contributed by atoms with Gasteiger partial charge in [-0.2, -0.15) is 0 Å². The third kappa shape index (κ3) is 2.53. The van der Waals surface area contributed by atoms with Gasteiger partial charge in [0.05, 0.1) is 31.4 Å². The smallest absolute Gasteiger partial charge is 0.308 e. The standard InChI is InChI=1S/C17H19NO5/c1-8-4-5-18-15-13(8)16(20)11-6-10(7-12(19)22-3)23-9(2)14(11)17(15)21/h4-5,8-10,18H,6-7H2,1-3H3/t8?,9-,10-/m1/s1. The minimum atomic E-state index is -0.526. The summed E-state index contributed by atoms with van der Waals surface area (Å²) in [6, 6.07) is 0. The predicted molar refractivity (Wildman–Crippen MR) is 81.1 cm³/mol. The van der Waals surface area contributed by atoms with Crippen LogP contribution in [0.5, 0.6) is 0 Å². The second kappa shape index (κ2) is 5.77. The normalized spacial score (nSPS) is 30.0. The second-order valence-electron chi connectivity index (χ2n) is 6.02. The number of dihydropyridines is 1. The number of rotatable bonds is 2. The number of hydrogen-bond acceptors (Lipinski definition) is 6. The van der Waals surface area contributed by atoms with Gasteiger partial charge in [0.2, 0.25) is 5.78 Å². The first-order valence-corrected chi connectivity index (χ1v) is 7.66. The topological polar surface area (TPSA) is 81.7 Å². The summed E-state index contributed by atoms with van der Waals surface area (Å²) in [6.45, 7) is 3.62. The number of methoxy groups -OCH3 is 1. The van der Waals surface area contributed by atoms with Crippen molar-refractivity contribution >= 4 is 17.5 Å². The highest BCUT2D eigenvalue weighted by Gasteiger charge is 2.43. The van der Waals surface area contributed by atoms with Crippen LogP contribution in [0.2, 0.25) is 0 Å². The number of ketones is 2. The molecule has 1 unspecified atom stereocenters. The van der Waals surface area contributed by atoms with Gasteiger partial charge >= 0.3 is 5.97 Å². The number of carbonyl (C=O) groups excluding carboxylic acids is 3. The van der Waals surface area contributed by atoms with E-state index in [1.807, 2.05) is 13.0 Å². The van der Waals surface area contributed by atoms with Crippen molar-refractivity contribution in [2.45, 2.75) is 38.9 Å². The molecule has 3 atom stereocenters. The van der Waals surface area contributed by atoms with Gasteiger partial charge in [-0.1, -0.05) is 13.0 Å². The molecule has 0 fully saturated rings. The van der Waals surface area contributed by atoms with E-state index < -0.39 is 18.2 Å². The van der Waals surface area contributed by atoms with Gasteiger partial charge in [0.15, 0.2) is 5.78 Å². The molecule has 0 spiro atoms. The quantitative estimate of drug-likeness (QED) is 0.608. The number of hydrogen-bond donors (Lipinski definition) is 1. The van der Waals surface area contributed by atoms with Crippen molar-refractivity contribution in [2.24, 2.45) is 5.92 Å². The molecule has 0 aromatic rings. The fourth-order valence-corrected chi connectivity index (χ4v) is 3.40. The highest BCUT2D eigenvalue weighted by Crippen LogP contribution is 2.38. The van der Waals surface area contributed by atoms with Crippen LogP contribution < -0.4 is 5.32 Å². The van der Waals surface area contributed by atoms with Crippen LogP contribution in [-0.4, -0.2) is 36.9 Å². The maximum absolute atomic E-state index is 12.9. The van der Waals surface area contributed by atoms with Crippen LogP contribution in [0.15, 0.2) is 34.7 Å². The first-order chi connectivity index (χ1) is 10.9. The Morgan fingerprint density at radius 2 is 2.04 bits per heavy atom. The summed E-state index contributed by atoms with van der Waals surface area (Å²) in [7, 11) is 1.31. The van der Waals surface area contributed by atoms with E-state index in [-0.39, 0.29) is 30.3 Å². The summed E-state index contributed by atoms with van der Waals surface area (Å²) in [4.78, 5) is 37.1. The largest absolute Gasteiger partial charge is 0.469 e. The Bertz CT molecular complexity index is 685. The van der Waals surface area contributed by atoms with Gasteiger partial charge in [0, 0.05) is 29.1 Å². The lowest BCUT2D eigenvalue weighted by molar-refractivity contribution is -0.145. The molecular weight excluding hydrogens is 298 g/mol. The van der Waals surface area contributed by atoms with Crippen molar-refractivity contribution in [3.05, 3.63) is 34.7 Å². The highest BCUT2D eigenvalue weighted by atomic mass is 16.5. The second-order valence-corrected chi connectivity index (χ2v) is 6.02. The van der Waals surface area contributed by atoms with E-state index in [2.05, 4.69) is 10.1 Å². The zero-order valence-corrected chi connectivity index (χ0v) is 13.3. The molecule has 1 N–H and O–H groups in total. The van der Waals surface area contributed by atoms with Gasteiger partial charge in [-0.15, -0.1) is 0 Å². The molecule has 0 saturated heterocycles. The lowest BCUT2D eigenvalue weighted by Crippen LogP contribution is -2.42. The van der Waals surface area contributed by atoms with Gasteiger partial charge in [-0.05, 0) is 13.1 Å². The minimum absolute atomic E-state index is 0.0682. The summed E-state index contributed by atoms with van der Waals surface area (Å²) in [5, 5.41) is 2.90. The summed E-state index contributed by atoms with van der Waals surface area (Å²) < 4.78 is 10.4. The van der Waals surface area contributed by atoms with Crippen molar-refractivity contribution in [1.82, 2.24) is 5.32 Å². The van der Waals surface area contributed by atoms with Crippen molar-refractivity contribution in [3.8, 4) is 0 Å². The molecule has 3 aliphatic rings. The molecule has 3 rings (SSSR count). The van der Waals surface area contributed by atoms with Gasteiger partial charge < -0.3 is 14.8 Å². The van der Waals surface area contributed by atoms with Gasteiger partial charge in [0.1, 0.15) is 0 Å². The van der Waals surface area contributed by atoms with E-state index in [9.17, 15) is 14.4 Å². The van der Waals surface area contributed by atoms with Crippen LogP contribution in [0.3, 0.4) is 0 Å². The number of carbonyl (C=O) groups is 3. The monoisotopic (exact) mass is 317 g/mol. The Labute approximate surface area is 134 Å². The van der Waals surface area contributed by atoms with E-state index in [4.69, 9.17) is 4.74 Å². The lowest BCUT2D eigenvalue weighted by atomic mass is 9.76. The molecule has 0 saturated carbocycles. The zero-order valence-electron chi connectivity index (χ0n) is 13.3. The number of allylic oxidation sites excluding steroid dienone is 3. The predicted octanol–water partition coefficient (Wildman–Crippen LogP) is 1.18. The third-order valence-corrected chi connectivity index (χ3v) is 4.51. The fraction of sp³-hybridized carbons (Fsp3) is 0.471. The maximum Gasteiger partial charge on any atom is 0.308 e. The van der Waals surface area contributed by atoms with E-state index in [0.717, 1.165) is 0 Å². The van der Waals surface area contributed by atoms with Crippen molar-refractivity contribution in [3.63, 3.8) is 0 Å². The molecule has 0 radical (unpaired) electrons. The number of esters is 1. The van der Waals surface area contributed by atoms with E-state index in [1.165, 1.54) is 7.11 Å². The van der Waals surface area contributed by atoms with Crippen LogP contribution in [0.1, 0.15) is 26.7 Å². The number of nitrogens with one attached hydrogen (secondary N) is 1. The summed E-state index contributed by atoms with van der Waals surface area (Å²) in [6.07, 6.45) is 2.89.